The number of fused-ring (bicyclic) bond motifs is 1. The molecule has 1 aromatic carbocycles. The Bertz CT molecular complexity index is 410. The van der Waals surface area contributed by atoms with E-state index in [4.69, 9.17) is 21.8 Å². The average molecular weight is 183 g/mol. The average Bonchev–Trinajstić information content (AvgIpc) is 2.44. The SMILES string of the molecule is NCc1cccc2oc(Cl)nc12. The van der Waals surface area contributed by atoms with Crippen LogP contribution >= 0.6 is 11.6 Å². The van der Waals surface area contributed by atoms with Crippen molar-refractivity contribution < 1.29 is 4.42 Å². The molecule has 0 radical (unpaired) electrons. The van der Waals surface area contributed by atoms with Gasteiger partial charge in [0.15, 0.2) is 5.58 Å². The van der Waals surface area contributed by atoms with Crippen LogP contribution in [0.5, 0.6) is 0 Å². The lowest BCUT2D eigenvalue weighted by molar-refractivity contribution is 0.604. The molecule has 2 N–H and O–H groups in total. The van der Waals surface area contributed by atoms with Crippen molar-refractivity contribution in [2.45, 2.75) is 6.54 Å². The van der Waals surface area contributed by atoms with Crippen molar-refractivity contribution in [2.75, 3.05) is 0 Å². The molecule has 4 heteroatoms. The van der Waals surface area contributed by atoms with E-state index in [1.807, 2.05) is 18.2 Å². The first-order chi connectivity index (χ1) is 5.81. The summed E-state index contributed by atoms with van der Waals surface area (Å²) < 4.78 is 5.11. The zero-order valence-electron chi connectivity index (χ0n) is 6.25. The van der Waals surface area contributed by atoms with Crippen LogP contribution in [0.4, 0.5) is 0 Å². The zero-order chi connectivity index (χ0) is 8.55. The molecule has 0 atom stereocenters. The van der Waals surface area contributed by atoms with Crippen molar-refractivity contribution in [2.24, 2.45) is 5.73 Å². The minimum Gasteiger partial charge on any atom is -0.428 e. The molecule has 2 aromatic rings. The van der Waals surface area contributed by atoms with E-state index in [1.165, 1.54) is 0 Å². The molecule has 3 nitrogen and oxygen atoms in total. The predicted molar refractivity (Wildman–Crippen MR) is 46.9 cm³/mol. The molecule has 0 aliphatic heterocycles. The largest absolute Gasteiger partial charge is 0.428 e. The molecule has 12 heavy (non-hydrogen) atoms. The Morgan fingerprint density at radius 3 is 3.08 bits per heavy atom. The van der Waals surface area contributed by atoms with Crippen LogP contribution in [-0.4, -0.2) is 4.98 Å². The van der Waals surface area contributed by atoms with Crippen molar-refractivity contribution >= 4 is 22.7 Å². The number of rotatable bonds is 1. The summed E-state index contributed by atoms with van der Waals surface area (Å²) in [5.41, 5.74) is 7.89. The van der Waals surface area contributed by atoms with Gasteiger partial charge in [0, 0.05) is 6.54 Å². The molecule has 1 aromatic heterocycles. The quantitative estimate of drug-likeness (QED) is 0.734. The first kappa shape index (κ1) is 7.58. The number of nitrogens with two attached hydrogens (primary N) is 1. The standard InChI is InChI=1S/C8H7ClN2O/c9-8-11-7-5(4-10)2-1-3-6(7)12-8/h1-3H,4,10H2. The van der Waals surface area contributed by atoms with Gasteiger partial charge in [-0.05, 0) is 23.2 Å². The third-order valence-electron chi connectivity index (χ3n) is 1.70. The summed E-state index contributed by atoms with van der Waals surface area (Å²) in [5, 5.41) is 0.158. The first-order valence-electron chi connectivity index (χ1n) is 3.55. The van der Waals surface area contributed by atoms with Gasteiger partial charge in [0.2, 0.25) is 0 Å². The second-order valence-corrected chi connectivity index (χ2v) is 2.76. The van der Waals surface area contributed by atoms with E-state index in [1.54, 1.807) is 0 Å². The van der Waals surface area contributed by atoms with Crippen LogP contribution in [-0.2, 0) is 6.54 Å². The van der Waals surface area contributed by atoms with Crippen LogP contribution in [0.2, 0.25) is 5.35 Å². The molecule has 0 aliphatic carbocycles. The minimum absolute atomic E-state index is 0.158. The van der Waals surface area contributed by atoms with Gasteiger partial charge in [0.25, 0.3) is 5.35 Å². The van der Waals surface area contributed by atoms with Gasteiger partial charge >= 0.3 is 0 Å². The summed E-state index contributed by atoms with van der Waals surface area (Å²) in [6.07, 6.45) is 0. The van der Waals surface area contributed by atoms with Crippen LogP contribution in [0, 0.1) is 0 Å². The molecular formula is C8H7ClN2O. The highest BCUT2D eigenvalue weighted by Crippen LogP contribution is 2.21. The van der Waals surface area contributed by atoms with Gasteiger partial charge in [-0.25, -0.2) is 0 Å². The summed E-state index contributed by atoms with van der Waals surface area (Å²) in [5.74, 6) is 0. The number of benzene rings is 1. The lowest BCUT2D eigenvalue weighted by Gasteiger charge is -1.93. The van der Waals surface area contributed by atoms with Gasteiger partial charge < -0.3 is 10.2 Å². The number of halogens is 1. The summed E-state index contributed by atoms with van der Waals surface area (Å²) in [4.78, 5) is 4.00. The Labute approximate surface area is 74.1 Å². The van der Waals surface area contributed by atoms with E-state index >= 15 is 0 Å². The number of nitrogens with zero attached hydrogens (tertiary/aromatic N) is 1. The van der Waals surface area contributed by atoms with Crippen LogP contribution in [0.1, 0.15) is 5.56 Å². The normalized spacial score (nSPS) is 10.8. The Morgan fingerprint density at radius 2 is 2.33 bits per heavy atom. The van der Waals surface area contributed by atoms with Crippen molar-refractivity contribution in [1.29, 1.82) is 0 Å². The third kappa shape index (κ3) is 1.07. The van der Waals surface area contributed by atoms with Crippen LogP contribution < -0.4 is 5.73 Å². The summed E-state index contributed by atoms with van der Waals surface area (Å²) in [6, 6.07) is 5.58. The molecule has 0 bridgehead atoms. The van der Waals surface area contributed by atoms with Gasteiger partial charge in [-0.2, -0.15) is 4.98 Å². The van der Waals surface area contributed by atoms with E-state index in [2.05, 4.69) is 4.98 Å². The van der Waals surface area contributed by atoms with E-state index < -0.39 is 0 Å². The minimum atomic E-state index is 0.158. The van der Waals surface area contributed by atoms with E-state index in [9.17, 15) is 0 Å². The summed E-state index contributed by atoms with van der Waals surface area (Å²) in [7, 11) is 0. The van der Waals surface area contributed by atoms with Crippen molar-refractivity contribution in [3.05, 3.63) is 29.1 Å². The summed E-state index contributed by atoms with van der Waals surface area (Å²) in [6.45, 7) is 0.445. The van der Waals surface area contributed by atoms with E-state index in [0.29, 0.717) is 12.1 Å². The second kappa shape index (κ2) is 2.77. The van der Waals surface area contributed by atoms with Crippen LogP contribution in [0.25, 0.3) is 11.1 Å². The topological polar surface area (TPSA) is 52.0 Å². The van der Waals surface area contributed by atoms with Crippen LogP contribution in [0.15, 0.2) is 22.6 Å². The number of aromatic nitrogens is 1. The van der Waals surface area contributed by atoms with Crippen molar-refractivity contribution in [3.63, 3.8) is 0 Å². The lowest BCUT2D eigenvalue weighted by Crippen LogP contribution is -1.96. The highest BCUT2D eigenvalue weighted by atomic mass is 35.5. The van der Waals surface area contributed by atoms with Crippen molar-refractivity contribution in [3.8, 4) is 0 Å². The Kier molecular flexibility index (Phi) is 1.75. The molecule has 0 saturated carbocycles. The molecule has 0 spiro atoms. The molecule has 0 amide bonds. The Balaban J connectivity index is 2.78. The number of para-hydroxylation sites is 1. The summed E-state index contributed by atoms with van der Waals surface area (Å²) >= 11 is 5.59. The molecule has 0 aliphatic rings. The van der Waals surface area contributed by atoms with Gasteiger partial charge in [-0.3, -0.25) is 0 Å². The highest BCUT2D eigenvalue weighted by Gasteiger charge is 2.05. The molecule has 62 valence electrons. The monoisotopic (exact) mass is 182 g/mol. The van der Waals surface area contributed by atoms with Gasteiger partial charge in [-0.15, -0.1) is 0 Å². The zero-order valence-corrected chi connectivity index (χ0v) is 7.01. The first-order valence-corrected chi connectivity index (χ1v) is 3.93. The number of hydrogen-bond donors (Lipinski definition) is 1. The van der Waals surface area contributed by atoms with E-state index in [-0.39, 0.29) is 5.35 Å². The molecule has 0 unspecified atom stereocenters. The second-order valence-electron chi connectivity index (χ2n) is 2.43. The Morgan fingerprint density at radius 1 is 1.50 bits per heavy atom. The molecule has 0 saturated heterocycles. The number of oxazole rings is 1. The maximum Gasteiger partial charge on any atom is 0.293 e. The Hall–Kier alpha value is -1.06. The highest BCUT2D eigenvalue weighted by molar-refractivity contribution is 6.28. The van der Waals surface area contributed by atoms with Gasteiger partial charge in [0.1, 0.15) is 5.52 Å². The molecule has 1 heterocycles. The fourth-order valence-electron chi connectivity index (χ4n) is 1.14. The number of hydrogen-bond acceptors (Lipinski definition) is 3. The maximum atomic E-state index is 5.59. The molecule has 0 fully saturated rings. The molecular weight excluding hydrogens is 176 g/mol. The maximum absolute atomic E-state index is 5.59. The fraction of sp³-hybridized carbons (Fsp3) is 0.125. The van der Waals surface area contributed by atoms with Crippen LogP contribution in [0.3, 0.4) is 0 Å². The smallest absolute Gasteiger partial charge is 0.293 e. The van der Waals surface area contributed by atoms with E-state index in [0.717, 1.165) is 11.1 Å². The lowest BCUT2D eigenvalue weighted by atomic mass is 10.2. The predicted octanol–water partition coefficient (Wildman–Crippen LogP) is 1.94. The fourth-order valence-corrected chi connectivity index (χ4v) is 1.31. The van der Waals surface area contributed by atoms with Crippen molar-refractivity contribution in [1.82, 2.24) is 4.98 Å². The third-order valence-corrected chi connectivity index (χ3v) is 1.86. The van der Waals surface area contributed by atoms with Gasteiger partial charge in [0.05, 0.1) is 0 Å². The molecule has 2 rings (SSSR count). The van der Waals surface area contributed by atoms with Gasteiger partial charge in [-0.1, -0.05) is 12.1 Å².